The van der Waals surface area contributed by atoms with Gasteiger partial charge in [0.1, 0.15) is 6.54 Å². The lowest BCUT2D eigenvalue weighted by atomic mass is 10.2. The van der Waals surface area contributed by atoms with Crippen LogP contribution in [0.3, 0.4) is 0 Å². The maximum absolute atomic E-state index is 13.4. The van der Waals surface area contributed by atoms with E-state index in [2.05, 4.69) is 10.5 Å². The fraction of sp³-hybridized carbons (Fsp3) is 0.200. The Morgan fingerprint density at radius 1 is 0.971 bits per heavy atom. The largest absolute Gasteiger partial charge is 0.493 e. The number of hydrogen-bond donors (Lipinski definition) is 1. The summed E-state index contributed by atoms with van der Waals surface area (Å²) in [4.78, 5) is 12.8. The van der Waals surface area contributed by atoms with Gasteiger partial charge in [-0.15, -0.1) is 0 Å². The fourth-order valence-corrected chi connectivity index (χ4v) is 4.74. The monoisotopic (exact) mass is 481 g/mol. The zero-order valence-corrected chi connectivity index (χ0v) is 20.3. The van der Waals surface area contributed by atoms with Crippen molar-refractivity contribution < 1.29 is 22.7 Å². The Kier molecular flexibility index (Phi) is 7.91. The van der Waals surface area contributed by atoms with E-state index >= 15 is 0 Å². The average Bonchev–Trinajstić information content (AvgIpc) is 2.83. The number of nitrogens with one attached hydrogen (secondary N) is 1. The van der Waals surface area contributed by atoms with Crippen LogP contribution in [0.1, 0.15) is 16.7 Å². The van der Waals surface area contributed by atoms with Crippen molar-refractivity contribution in [3.63, 3.8) is 0 Å². The molecule has 3 rings (SSSR count). The first kappa shape index (κ1) is 24.8. The molecule has 0 radical (unpaired) electrons. The van der Waals surface area contributed by atoms with Crippen LogP contribution in [0.15, 0.2) is 76.7 Å². The molecule has 0 aliphatic carbocycles. The lowest BCUT2D eigenvalue weighted by Crippen LogP contribution is -2.40. The van der Waals surface area contributed by atoms with Gasteiger partial charge in [-0.2, -0.15) is 5.10 Å². The number of benzene rings is 3. The molecule has 9 heteroatoms. The number of anilines is 1. The Balaban J connectivity index is 1.83. The quantitative estimate of drug-likeness (QED) is 0.372. The van der Waals surface area contributed by atoms with E-state index in [9.17, 15) is 13.2 Å². The van der Waals surface area contributed by atoms with E-state index in [0.717, 1.165) is 15.4 Å². The smallest absolute Gasteiger partial charge is 0.264 e. The number of para-hydroxylation sites is 1. The van der Waals surface area contributed by atoms with Gasteiger partial charge < -0.3 is 9.47 Å². The molecule has 0 spiro atoms. The van der Waals surface area contributed by atoms with Crippen LogP contribution in [-0.4, -0.2) is 41.3 Å². The number of aryl methyl sites for hydroxylation is 2. The molecule has 0 aliphatic heterocycles. The first-order valence-electron chi connectivity index (χ1n) is 10.4. The van der Waals surface area contributed by atoms with E-state index < -0.39 is 22.5 Å². The van der Waals surface area contributed by atoms with Crippen molar-refractivity contribution in [3.05, 3.63) is 83.4 Å². The Morgan fingerprint density at radius 2 is 1.65 bits per heavy atom. The molecule has 8 nitrogen and oxygen atoms in total. The molecule has 1 N–H and O–H groups in total. The van der Waals surface area contributed by atoms with Crippen LogP contribution in [0, 0.1) is 13.8 Å². The molecule has 0 heterocycles. The Hall–Kier alpha value is -3.85. The minimum atomic E-state index is -3.99. The molecule has 0 atom stereocenters. The summed E-state index contributed by atoms with van der Waals surface area (Å²) >= 11 is 0. The van der Waals surface area contributed by atoms with Crippen LogP contribution >= 0.6 is 0 Å². The second-order valence-electron chi connectivity index (χ2n) is 7.52. The number of hydrazone groups is 1. The van der Waals surface area contributed by atoms with Crippen LogP contribution in [0.4, 0.5) is 5.69 Å². The third-order valence-electron chi connectivity index (χ3n) is 5.09. The number of nitrogens with zero attached hydrogens (tertiary/aromatic N) is 2. The van der Waals surface area contributed by atoms with Gasteiger partial charge in [-0.1, -0.05) is 35.9 Å². The maximum Gasteiger partial charge on any atom is 0.264 e. The molecule has 0 aromatic heterocycles. The van der Waals surface area contributed by atoms with Crippen molar-refractivity contribution in [2.75, 3.05) is 25.1 Å². The minimum Gasteiger partial charge on any atom is -0.493 e. The number of sulfonamides is 1. The number of carbonyl (C=O) groups excluding carboxylic acids is 1. The second kappa shape index (κ2) is 10.8. The number of hydrogen-bond acceptors (Lipinski definition) is 6. The Labute approximate surface area is 199 Å². The van der Waals surface area contributed by atoms with Crippen molar-refractivity contribution in [2.45, 2.75) is 18.7 Å². The molecule has 178 valence electrons. The van der Waals surface area contributed by atoms with Gasteiger partial charge in [-0.25, -0.2) is 13.8 Å². The van der Waals surface area contributed by atoms with Crippen LogP contribution in [-0.2, 0) is 14.8 Å². The number of rotatable bonds is 9. The van der Waals surface area contributed by atoms with Gasteiger partial charge in [0.2, 0.25) is 0 Å². The molecule has 3 aromatic carbocycles. The molecule has 1 amide bonds. The molecular weight excluding hydrogens is 454 g/mol. The number of methoxy groups -OCH3 is 2. The maximum atomic E-state index is 13.4. The van der Waals surface area contributed by atoms with Crippen LogP contribution in [0.25, 0.3) is 0 Å². The highest BCUT2D eigenvalue weighted by molar-refractivity contribution is 7.92. The fourth-order valence-electron chi connectivity index (χ4n) is 3.26. The van der Waals surface area contributed by atoms with Gasteiger partial charge in [-0.05, 0) is 61.4 Å². The molecule has 34 heavy (non-hydrogen) atoms. The zero-order valence-electron chi connectivity index (χ0n) is 19.5. The summed E-state index contributed by atoms with van der Waals surface area (Å²) in [6.07, 6.45) is 1.44. The Bertz CT molecular complexity index is 1290. The van der Waals surface area contributed by atoms with E-state index in [-0.39, 0.29) is 4.90 Å². The van der Waals surface area contributed by atoms with Crippen molar-refractivity contribution >= 4 is 27.8 Å². The van der Waals surface area contributed by atoms with Gasteiger partial charge in [0.05, 0.1) is 31.0 Å². The van der Waals surface area contributed by atoms with Gasteiger partial charge >= 0.3 is 0 Å². The number of carbonyl (C=O) groups is 1. The summed E-state index contributed by atoms with van der Waals surface area (Å²) in [5.41, 5.74) is 5.14. The summed E-state index contributed by atoms with van der Waals surface area (Å²) in [5, 5.41) is 3.97. The first-order valence-corrected chi connectivity index (χ1v) is 11.9. The highest BCUT2D eigenvalue weighted by Crippen LogP contribution is 2.28. The molecule has 0 aliphatic rings. The highest BCUT2D eigenvalue weighted by Gasteiger charge is 2.28. The van der Waals surface area contributed by atoms with Gasteiger partial charge in [0, 0.05) is 0 Å². The summed E-state index contributed by atoms with van der Waals surface area (Å²) in [6, 6.07) is 18.7. The van der Waals surface area contributed by atoms with Crippen molar-refractivity contribution in [1.82, 2.24) is 5.43 Å². The highest BCUT2D eigenvalue weighted by atomic mass is 32.2. The van der Waals surface area contributed by atoms with Crippen molar-refractivity contribution in [1.29, 1.82) is 0 Å². The summed E-state index contributed by atoms with van der Waals surface area (Å²) in [6.45, 7) is 3.23. The third-order valence-corrected chi connectivity index (χ3v) is 6.86. The second-order valence-corrected chi connectivity index (χ2v) is 9.38. The molecule has 0 saturated carbocycles. The molecule has 0 bridgehead atoms. The molecule has 0 unspecified atom stereocenters. The van der Waals surface area contributed by atoms with Gasteiger partial charge in [0.25, 0.3) is 15.9 Å². The predicted octanol–water partition coefficient (Wildman–Crippen LogP) is 3.67. The van der Waals surface area contributed by atoms with E-state index in [1.165, 1.54) is 32.6 Å². The van der Waals surface area contributed by atoms with Crippen molar-refractivity contribution in [3.8, 4) is 11.5 Å². The van der Waals surface area contributed by atoms with E-state index in [1.807, 2.05) is 13.0 Å². The van der Waals surface area contributed by atoms with Crippen LogP contribution in [0.5, 0.6) is 11.5 Å². The molecular formula is C25H27N3O5S. The van der Waals surface area contributed by atoms with E-state index in [4.69, 9.17) is 9.47 Å². The van der Waals surface area contributed by atoms with Crippen molar-refractivity contribution in [2.24, 2.45) is 5.10 Å². The van der Waals surface area contributed by atoms with Crippen LogP contribution < -0.4 is 19.2 Å². The van der Waals surface area contributed by atoms with Gasteiger partial charge in [-0.3, -0.25) is 9.10 Å². The number of ether oxygens (including phenoxy) is 2. The topological polar surface area (TPSA) is 97.3 Å². The van der Waals surface area contributed by atoms with Gasteiger partial charge in [0.15, 0.2) is 11.5 Å². The van der Waals surface area contributed by atoms with Crippen LogP contribution in [0.2, 0.25) is 0 Å². The predicted molar refractivity (Wildman–Crippen MR) is 132 cm³/mol. The normalized spacial score (nSPS) is 11.3. The molecule has 0 fully saturated rings. The Morgan fingerprint density at radius 3 is 2.29 bits per heavy atom. The summed E-state index contributed by atoms with van der Waals surface area (Å²) in [7, 11) is -0.931. The third kappa shape index (κ3) is 5.74. The number of amides is 1. The average molecular weight is 482 g/mol. The van der Waals surface area contributed by atoms with E-state index in [1.54, 1.807) is 55.5 Å². The lowest BCUT2D eigenvalue weighted by Gasteiger charge is -2.25. The van der Waals surface area contributed by atoms with E-state index in [0.29, 0.717) is 22.7 Å². The summed E-state index contributed by atoms with van der Waals surface area (Å²) in [5.74, 6) is 0.502. The SMILES string of the molecule is COc1ccc(/C=N\NC(=O)CN(c2ccccc2C)S(=O)(=O)c2ccc(C)cc2)cc1OC. The minimum absolute atomic E-state index is 0.1000. The zero-order chi connectivity index (χ0) is 24.7. The lowest BCUT2D eigenvalue weighted by molar-refractivity contribution is -0.119. The first-order chi connectivity index (χ1) is 16.3. The molecule has 3 aromatic rings. The molecule has 0 saturated heterocycles. The summed E-state index contributed by atoms with van der Waals surface area (Å²) < 4.78 is 38.4. The standard InChI is InChI=1S/C25H27N3O5S/c1-18-9-12-21(13-10-18)34(30,31)28(22-8-6-5-7-19(22)2)17-25(29)27-26-16-20-11-14-23(32-3)24(15-20)33-4/h5-16H,17H2,1-4H3,(H,27,29)/b26-16-.